The highest BCUT2D eigenvalue weighted by molar-refractivity contribution is 6.36. The first-order valence-corrected chi connectivity index (χ1v) is 5.31. The van der Waals surface area contributed by atoms with Crippen LogP contribution in [-0.2, 0) is 0 Å². The first kappa shape index (κ1) is 13.6. The summed E-state index contributed by atoms with van der Waals surface area (Å²) in [5.74, 6) is -0.0863. The van der Waals surface area contributed by atoms with E-state index in [9.17, 15) is 9.90 Å². The highest BCUT2D eigenvalue weighted by Gasteiger charge is 2.23. The van der Waals surface area contributed by atoms with Crippen molar-refractivity contribution in [1.82, 2.24) is 0 Å². The quantitative estimate of drug-likeness (QED) is 0.785. The van der Waals surface area contributed by atoms with Gasteiger partial charge < -0.3 is 20.3 Å². The molecule has 0 atom stereocenters. The number of hydrogen-bond acceptors (Lipinski definition) is 5. The molecule has 0 aromatic heterocycles. The molecule has 0 fully saturated rings. The number of benzene rings is 1. The maximum Gasteiger partial charge on any atom is 0.173 e. The number of rotatable bonds is 5. The Bertz CT molecular complexity index is 434. The van der Waals surface area contributed by atoms with Crippen LogP contribution in [0.4, 0.5) is 0 Å². The number of hydrogen-bond donors (Lipinski definition) is 2. The molecule has 0 unspecified atom stereocenters. The Morgan fingerprint density at radius 3 is 2.59 bits per heavy atom. The van der Waals surface area contributed by atoms with Crippen LogP contribution in [0.25, 0.3) is 0 Å². The van der Waals surface area contributed by atoms with Gasteiger partial charge in [0, 0.05) is 12.5 Å². The van der Waals surface area contributed by atoms with Gasteiger partial charge in [-0.3, -0.25) is 4.79 Å². The van der Waals surface area contributed by atoms with Crippen molar-refractivity contribution in [2.24, 2.45) is 5.73 Å². The second-order valence-electron chi connectivity index (χ2n) is 3.28. The zero-order valence-electron chi connectivity index (χ0n) is 9.62. The fraction of sp³-hybridized carbons (Fsp3) is 0.364. The number of ether oxygens (including phenoxy) is 2. The van der Waals surface area contributed by atoms with Crippen molar-refractivity contribution in [3.05, 3.63) is 16.7 Å². The molecule has 3 N–H and O–H groups in total. The summed E-state index contributed by atoms with van der Waals surface area (Å²) >= 11 is 5.89. The number of ketones is 1. The molecule has 0 spiro atoms. The van der Waals surface area contributed by atoms with Crippen LogP contribution >= 0.6 is 11.6 Å². The van der Waals surface area contributed by atoms with Crippen molar-refractivity contribution in [3.63, 3.8) is 0 Å². The standard InChI is InChI=1S/C11H14ClNO4/c1-16-8-5-7(15)10(12)9(11(8)17-2)6(14)3-4-13/h5,15H,3-4,13H2,1-2H3. The van der Waals surface area contributed by atoms with Gasteiger partial charge in [0.15, 0.2) is 17.3 Å². The summed E-state index contributed by atoms with van der Waals surface area (Å²) < 4.78 is 10.1. The van der Waals surface area contributed by atoms with E-state index in [-0.39, 0.29) is 46.6 Å². The number of carbonyl (C=O) groups is 1. The van der Waals surface area contributed by atoms with Crippen molar-refractivity contribution < 1.29 is 19.4 Å². The third kappa shape index (κ3) is 2.62. The second kappa shape index (κ2) is 5.75. The molecule has 0 aliphatic carbocycles. The molecule has 0 saturated carbocycles. The van der Waals surface area contributed by atoms with E-state index >= 15 is 0 Å². The van der Waals surface area contributed by atoms with Crippen molar-refractivity contribution in [2.45, 2.75) is 6.42 Å². The van der Waals surface area contributed by atoms with Crippen LogP contribution in [0.2, 0.25) is 5.02 Å². The molecule has 0 saturated heterocycles. The van der Waals surface area contributed by atoms with Crippen LogP contribution in [0, 0.1) is 0 Å². The van der Waals surface area contributed by atoms with Gasteiger partial charge in [0.1, 0.15) is 5.75 Å². The number of nitrogens with two attached hydrogens (primary N) is 1. The van der Waals surface area contributed by atoms with E-state index in [0.29, 0.717) is 0 Å². The molecule has 17 heavy (non-hydrogen) atoms. The average Bonchev–Trinajstić information content (AvgIpc) is 2.31. The summed E-state index contributed by atoms with van der Waals surface area (Å²) in [5, 5.41) is 9.54. The highest BCUT2D eigenvalue weighted by Crippen LogP contribution is 2.42. The number of phenolic OH excluding ortho intramolecular Hbond substituents is 1. The van der Waals surface area contributed by atoms with Crippen LogP contribution in [0.3, 0.4) is 0 Å². The molecule has 0 radical (unpaired) electrons. The second-order valence-corrected chi connectivity index (χ2v) is 3.66. The largest absolute Gasteiger partial charge is 0.506 e. The number of phenols is 1. The van der Waals surface area contributed by atoms with Crippen LogP contribution in [-0.4, -0.2) is 31.7 Å². The number of Topliss-reactive ketones (excluding diaryl/α,β-unsaturated/α-hetero) is 1. The van der Waals surface area contributed by atoms with Crippen LogP contribution in [0.1, 0.15) is 16.8 Å². The number of carbonyl (C=O) groups excluding carboxylic acids is 1. The van der Waals surface area contributed by atoms with E-state index in [1.807, 2.05) is 0 Å². The van der Waals surface area contributed by atoms with E-state index in [2.05, 4.69) is 0 Å². The van der Waals surface area contributed by atoms with E-state index in [1.54, 1.807) is 0 Å². The molecule has 5 nitrogen and oxygen atoms in total. The van der Waals surface area contributed by atoms with Gasteiger partial charge >= 0.3 is 0 Å². The Morgan fingerprint density at radius 1 is 1.47 bits per heavy atom. The third-order valence-corrected chi connectivity index (χ3v) is 2.62. The molecule has 0 aliphatic heterocycles. The Hall–Kier alpha value is -1.46. The van der Waals surface area contributed by atoms with Gasteiger partial charge in [-0.05, 0) is 6.54 Å². The Labute approximate surface area is 104 Å². The van der Waals surface area contributed by atoms with Crippen molar-refractivity contribution in [2.75, 3.05) is 20.8 Å². The molecule has 0 aliphatic rings. The predicted molar refractivity (Wildman–Crippen MR) is 64.2 cm³/mol. The maximum atomic E-state index is 11.9. The summed E-state index contributed by atoms with van der Waals surface area (Å²) in [6.45, 7) is 0.191. The maximum absolute atomic E-state index is 11.9. The molecule has 0 bridgehead atoms. The zero-order chi connectivity index (χ0) is 13.0. The smallest absolute Gasteiger partial charge is 0.173 e. The minimum Gasteiger partial charge on any atom is -0.506 e. The Balaban J connectivity index is 3.43. The SMILES string of the molecule is COc1cc(O)c(Cl)c(C(=O)CCN)c1OC. The molecule has 1 aromatic carbocycles. The highest BCUT2D eigenvalue weighted by atomic mass is 35.5. The van der Waals surface area contributed by atoms with Gasteiger partial charge in [-0.15, -0.1) is 0 Å². The molecule has 6 heteroatoms. The molecular weight excluding hydrogens is 246 g/mol. The van der Waals surface area contributed by atoms with Gasteiger partial charge in [-0.2, -0.15) is 0 Å². The summed E-state index contributed by atoms with van der Waals surface area (Å²) in [6, 6.07) is 1.29. The normalized spacial score (nSPS) is 10.1. The van der Waals surface area contributed by atoms with E-state index in [0.717, 1.165) is 0 Å². The lowest BCUT2D eigenvalue weighted by Gasteiger charge is -2.14. The fourth-order valence-corrected chi connectivity index (χ4v) is 1.71. The van der Waals surface area contributed by atoms with Gasteiger partial charge in [-0.1, -0.05) is 11.6 Å². The van der Waals surface area contributed by atoms with Crippen molar-refractivity contribution in [1.29, 1.82) is 0 Å². The summed E-state index contributed by atoms with van der Waals surface area (Å²) in [5.41, 5.74) is 5.41. The first-order chi connectivity index (χ1) is 8.06. The van der Waals surface area contributed by atoms with Gasteiger partial charge in [0.25, 0.3) is 0 Å². The van der Waals surface area contributed by atoms with Gasteiger partial charge in [0.2, 0.25) is 0 Å². The molecular formula is C11H14ClNO4. The van der Waals surface area contributed by atoms with Crippen molar-refractivity contribution in [3.8, 4) is 17.2 Å². The monoisotopic (exact) mass is 259 g/mol. The lowest BCUT2D eigenvalue weighted by atomic mass is 10.1. The van der Waals surface area contributed by atoms with Crippen LogP contribution in [0.15, 0.2) is 6.07 Å². The lowest BCUT2D eigenvalue weighted by Crippen LogP contribution is -2.10. The molecule has 0 amide bonds. The topological polar surface area (TPSA) is 81.8 Å². The summed E-state index contributed by atoms with van der Waals surface area (Å²) in [4.78, 5) is 11.9. The number of methoxy groups -OCH3 is 2. The van der Waals surface area contributed by atoms with Gasteiger partial charge in [0.05, 0.1) is 24.8 Å². The zero-order valence-corrected chi connectivity index (χ0v) is 10.4. The Morgan fingerprint density at radius 2 is 2.12 bits per heavy atom. The summed E-state index contributed by atoms with van der Waals surface area (Å²) in [7, 11) is 2.80. The first-order valence-electron chi connectivity index (χ1n) is 4.93. The molecule has 0 heterocycles. The van der Waals surface area contributed by atoms with E-state index in [4.69, 9.17) is 26.8 Å². The third-order valence-electron chi connectivity index (χ3n) is 2.24. The summed E-state index contributed by atoms with van der Waals surface area (Å²) in [6.07, 6.45) is 0.114. The minimum atomic E-state index is -0.302. The van der Waals surface area contributed by atoms with Crippen LogP contribution < -0.4 is 15.2 Å². The average molecular weight is 260 g/mol. The van der Waals surface area contributed by atoms with E-state index < -0.39 is 0 Å². The molecule has 94 valence electrons. The molecule has 1 aromatic rings. The van der Waals surface area contributed by atoms with E-state index in [1.165, 1.54) is 20.3 Å². The lowest BCUT2D eigenvalue weighted by molar-refractivity contribution is 0.0981. The Kier molecular flexibility index (Phi) is 4.60. The minimum absolute atomic E-state index is 0.0545. The number of halogens is 1. The number of aromatic hydroxyl groups is 1. The van der Waals surface area contributed by atoms with Gasteiger partial charge in [-0.25, -0.2) is 0 Å². The molecule has 1 rings (SSSR count). The predicted octanol–water partition coefficient (Wildman–Crippen LogP) is 1.59. The fourth-order valence-electron chi connectivity index (χ4n) is 1.46. The van der Waals surface area contributed by atoms with Crippen molar-refractivity contribution >= 4 is 17.4 Å². The van der Waals surface area contributed by atoms with Crippen LogP contribution in [0.5, 0.6) is 17.2 Å².